The van der Waals surface area contributed by atoms with Crippen molar-refractivity contribution >= 4 is 22.4 Å². The van der Waals surface area contributed by atoms with Gasteiger partial charge in [-0.3, -0.25) is 9.69 Å². The number of carbonyl (C=O) groups excluding carboxylic acids is 1. The van der Waals surface area contributed by atoms with E-state index in [9.17, 15) is 4.79 Å². The summed E-state index contributed by atoms with van der Waals surface area (Å²) in [6.07, 6.45) is 5.37. The third-order valence-electron chi connectivity index (χ3n) is 5.29. The van der Waals surface area contributed by atoms with Crippen LogP contribution in [0.25, 0.3) is 16.5 Å². The molecule has 2 N–H and O–H groups in total. The second-order valence-electron chi connectivity index (χ2n) is 7.57. The van der Waals surface area contributed by atoms with E-state index in [4.69, 9.17) is 0 Å². The summed E-state index contributed by atoms with van der Waals surface area (Å²) < 4.78 is 0. The summed E-state index contributed by atoms with van der Waals surface area (Å²) in [5.41, 5.74) is 5.17. The summed E-state index contributed by atoms with van der Waals surface area (Å²) in [6.45, 7) is 5.77. The Balaban J connectivity index is 1.72. The Labute approximate surface area is 142 Å². The van der Waals surface area contributed by atoms with E-state index in [1.807, 2.05) is 0 Å². The number of fused-ring (bicyclic) bond motifs is 2. The molecule has 2 aromatic rings. The molecule has 24 heavy (non-hydrogen) atoms. The average Bonchev–Trinajstić information content (AvgIpc) is 2.98. The third kappa shape index (κ3) is 2.46. The Morgan fingerprint density at radius 3 is 3.04 bits per heavy atom. The zero-order valence-electron chi connectivity index (χ0n) is 14.6. The van der Waals surface area contributed by atoms with Crippen LogP contribution in [0.1, 0.15) is 25.0 Å². The Morgan fingerprint density at radius 1 is 1.42 bits per heavy atom. The highest BCUT2D eigenvalue weighted by Crippen LogP contribution is 2.40. The molecule has 2 heterocycles. The lowest BCUT2D eigenvalue weighted by molar-refractivity contribution is -0.124. The van der Waals surface area contributed by atoms with E-state index < -0.39 is 0 Å². The van der Waals surface area contributed by atoms with Gasteiger partial charge in [-0.05, 0) is 42.2 Å². The molecule has 1 aromatic heterocycles. The molecule has 1 aliphatic carbocycles. The minimum atomic E-state index is -0.0734. The van der Waals surface area contributed by atoms with Crippen LogP contribution in [0.15, 0.2) is 30.5 Å². The van der Waals surface area contributed by atoms with Crippen LogP contribution in [-0.2, 0) is 11.2 Å². The monoisotopic (exact) mass is 323 g/mol. The van der Waals surface area contributed by atoms with Gasteiger partial charge in [0.15, 0.2) is 0 Å². The van der Waals surface area contributed by atoms with Crippen molar-refractivity contribution < 1.29 is 4.79 Å². The second-order valence-corrected chi connectivity index (χ2v) is 7.57. The van der Waals surface area contributed by atoms with Gasteiger partial charge in [-0.2, -0.15) is 0 Å². The quantitative estimate of drug-likeness (QED) is 0.912. The number of aromatic amines is 1. The fourth-order valence-corrected chi connectivity index (χ4v) is 4.05. The standard InChI is InChI=1S/C20H25N3O/c1-12(2)9-22-20(24)14-7-16-15-5-4-6-17-19(15)13(10-21-17)8-18(16)23(3)11-14/h4-7,10,12,14,18,21H,8-9,11H2,1-3H3,(H,22,24). The summed E-state index contributed by atoms with van der Waals surface area (Å²) in [4.78, 5) is 18.3. The molecular formula is C20H25N3O. The summed E-state index contributed by atoms with van der Waals surface area (Å²) >= 11 is 0. The molecular weight excluding hydrogens is 298 g/mol. The smallest absolute Gasteiger partial charge is 0.228 e. The largest absolute Gasteiger partial charge is 0.361 e. The molecule has 0 fully saturated rings. The number of hydrogen-bond donors (Lipinski definition) is 2. The normalized spacial score (nSPS) is 23.2. The van der Waals surface area contributed by atoms with Crippen molar-refractivity contribution in [1.82, 2.24) is 15.2 Å². The van der Waals surface area contributed by atoms with Crippen LogP contribution in [0.5, 0.6) is 0 Å². The minimum absolute atomic E-state index is 0.0734. The van der Waals surface area contributed by atoms with Gasteiger partial charge in [-0.1, -0.05) is 32.1 Å². The molecule has 4 rings (SSSR count). The van der Waals surface area contributed by atoms with E-state index >= 15 is 0 Å². The highest BCUT2D eigenvalue weighted by molar-refractivity contribution is 5.99. The van der Waals surface area contributed by atoms with E-state index in [0.717, 1.165) is 19.5 Å². The lowest BCUT2D eigenvalue weighted by atomic mass is 9.80. The number of hydrogen-bond acceptors (Lipinski definition) is 2. The summed E-state index contributed by atoms with van der Waals surface area (Å²) in [7, 11) is 2.14. The molecule has 1 amide bonds. The molecule has 0 bridgehead atoms. The van der Waals surface area contributed by atoms with Gasteiger partial charge in [0.1, 0.15) is 0 Å². The van der Waals surface area contributed by atoms with Crippen molar-refractivity contribution in [3.8, 4) is 0 Å². The van der Waals surface area contributed by atoms with Crippen LogP contribution in [0, 0.1) is 11.8 Å². The van der Waals surface area contributed by atoms with Crippen molar-refractivity contribution in [2.24, 2.45) is 11.8 Å². The molecule has 2 atom stereocenters. The Hall–Kier alpha value is -2.07. The van der Waals surface area contributed by atoms with E-state index in [2.05, 4.69) is 66.6 Å². The van der Waals surface area contributed by atoms with E-state index in [1.165, 1.54) is 27.6 Å². The van der Waals surface area contributed by atoms with Crippen LogP contribution in [0.2, 0.25) is 0 Å². The highest BCUT2D eigenvalue weighted by Gasteiger charge is 2.35. The Bertz CT molecular complexity index is 817. The van der Waals surface area contributed by atoms with Crippen molar-refractivity contribution in [3.05, 3.63) is 41.6 Å². The summed E-state index contributed by atoms with van der Waals surface area (Å²) in [5.74, 6) is 0.547. The fourth-order valence-electron chi connectivity index (χ4n) is 4.05. The predicted molar refractivity (Wildman–Crippen MR) is 97.7 cm³/mol. The van der Waals surface area contributed by atoms with Crippen LogP contribution in [0.3, 0.4) is 0 Å². The lowest BCUT2D eigenvalue weighted by Crippen LogP contribution is -2.47. The number of H-pyrrole nitrogens is 1. The van der Waals surface area contributed by atoms with Gasteiger partial charge in [0.2, 0.25) is 5.91 Å². The van der Waals surface area contributed by atoms with Crippen molar-refractivity contribution in [3.63, 3.8) is 0 Å². The van der Waals surface area contributed by atoms with Gasteiger partial charge in [-0.15, -0.1) is 0 Å². The molecule has 0 radical (unpaired) electrons. The maximum Gasteiger partial charge on any atom is 0.228 e. The first-order valence-corrected chi connectivity index (χ1v) is 8.83. The molecule has 1 aliphatic heterocycles. The molecule has 4 nitrogen and oxygen atoms in total. The molecule has 0 saturated carbocycles. The van der Waals surface area contributed by atoms with Gasteiger partial charge in [0, 0.05) is 36.2 Å². The first kappa shape index (κ1) is 15.5. The van der Waals surface area contributed by atoms with Crippen LogP contribution < -0.4 is 5.32 Å². The number of benzene rings is 1. The average molecular weight is 323 g/mol. The van der Waals surface area contributed by atoms with Crippen molar-refractivity contribution in [1.29, 1.82) is 0 Å². The highest BCUT2D eigenvalue weighted by atomic mass is 16.1. The van der Waals surface area contributed by atoms with Crippen LogP contribution in [-0.4, -0.2) is 42.0 Å². The maximum atomic E-state index is 12.6. The molecule has 4 heteroatoms. The van der Waals surface area contributed by atoms with Gasteiger partial charge in [0.05, 0.1) is 5.92 Å². The van der Waals surface area contributed by atoms with E-state index in [-0.39, 0.29) is 11.8 Å². The summed E-state index contributed by atoms with van der Waals surface area (Å²) in [5, 5.41) is 4.42. The molecule has 2 aliphatic rings. The third-order valence-corrected chi connectivity index (χ3v) is 5.29. The number of rotatable bonds is 3. The first-order valence-electron chi connectivity index (χ1n) is 8.83. The zero-order chi connectivity index (χ0) is 16.8. The number of nitrogens with zero attached hydrogens (tertiary/aromatic N) is 1. The number of nitrogens with one attached hydrogen (secondary N) is 2. The SMILES string of the molecule is CC(C)CNC(=O)C1C=C2c3cccc4[nH]cc(c34)CC2N(C)C1. The van der Waals surface area contributed by atoms with Crippen LogP contribution >= 0.6 is 0 Å². The lowest BCUT2D eigenvalue weighted by Gasteiger charge is -2.39. The van der Waals surface area contributed by atoms with Gasteiger partial charge in [-0.25, -0.2) is 0 Å². The predicted octanol–water partition coefficient (Wildman–Crippen LogP) is 2.81. The van der Waals surface area contributed by atoms with E-state index in [0.29, 0.717) is 12.0 Å². The topological polar surface area (TPSA) is 48.1 Å². The molecule has 1 aromatic carbocycles. The number of amides is 1. The number of likely N-dealkylation sites (N-methyl/N-ethyl adjacent to an activating group) is 1. The van der Waals surface area contributed by atoms with E-state index in [1.54, 1.807) is 0 Å². The number of carbonyl (C=O) groups is 1. The molecule has 2 unspecified atom stereocenters. The first-order chi connectivity index (χ1) is 11.5. The molecule has 126 valence electrons. The number of aromatic nitrogens is 1. The second kappa shape index (κ2) is 5.78. The van der Waals surface area contributed by atoms with Gasteiger partial charge < -0.3 is 10.3 Å². The Morgan fingerprint density at radius 2 is 2.25 bits per heavy atom. The van der Waals surface area contributed by atoms with Crippen LogP contribution in [0.4, 0.5) is 0 Å². The van der Waals surface area contributed by atoms with Crippen molar-refractivity contribution in [2.45, 2.75) is 26.3 Å². The molecule has 0 spiro atoms. The van der Waals surface area contributed by atoms with Crippen molar-refractivity contribution in [2.75, 3.05) is 20.1 Å². The van der Waals surface area contributed by atoms with Gasteiger partial charge >= 0.3 is 0 Å². The minimum Gasteiger partial charge on any atom is -0.361 e. The fraction of sp³-hybridized carbons (Fsp3) is 0.450. The maximum absolute atomic E-state index is 12.6. The molecule has 0 saturated heterocycles. The summed E-state index contributed by atoms with van der Waals surface area (Å²) in [6, 6.07) is 6.79. The van der Waals surface area contributed by atoms with Gasteiger partial charge in [0.25, 0.3) is 0 Å². The zero-order valence-corrected chi connectivity index (χ0v) is 14.6. The Kier molecular flexibility index (Phi) is 3.72.